The molecule has 2 unspecified atom stereocenters. The Bertz CT molecular complexity index is 878. The van der Waals surface area contributed by atoms with Crippen molar-refractivity contribution in [3.8, 4) is 0 Å². The van der Waals surface area contributed by atoms with Crippen LogP contribution >= 0.6 is 16.4 Å². The first-order valence-electron chi connectivity index (χ1n) is 7.50. The minimum absolute atomic E-state index is 0.295. The van der Waals surface area contributed by atoms with E-state index in [0.29, 0.717) is 5.41 Å². The molecule has 2 aromatic heterocycles. The van der Waals surface area contributed by atoms with E-state index in [-0.39, 0.29) is 0 Å². The fraction of sp³-hybridized carbons (Fsp3) is 0.158. The van der Waals surface area contributed by atoms with Crippen LogP contribution in [0.5, 0.6) is 0 Å². The molecule has 1 fully saturated rings. The van der Waals surface area contributed by atoms with E-state index in [1.807, 2.05) is 0 Å². The Morgan fingerprint density at radius 1 is 0.667 bits per heavy atom. The first kappa shape index (κ1) is 12.1. The van der Waals surface area contributed by atoms with Crippen molar-refractivity contribution in [1.82, 2.24) is 0 Å². The van der Waals surface area contributed by atoms with Crippen LogP contribution in [-0.4, -0.2) is 0 Å². The Balaban J connectivity index is 1.68. The predicted molar refractivity (Wildman–Crippen MR) is 96.9 cm³/mol. The lowest BCUT2D eigenvalue weighted by atomic mass is 9.87. The van der Waals surface area contributed by atoms with E-state index in [4.69, 9.17) is 0 Å². The lowest BCUT2D eigenvalue weighted by Crippen LogP contribution is -2.08. The Morgan fingerprint density at radius 2 is 1.19 bits per heavy atom. The number of hydrogen-bond donors (Lipinski definition) is 0. The van der Waals surface area contributed by atoms with Gasteiger partial charge in [-0.1, -0.05) is 36.4 Å². The monoisotopic (exact) mass is 306 g/mol. The molecule has 1 saturated carbocycles. The van der Waals surface area contributed by atoms with Gasteiger partial charge in [-0.2, -0.15) is 0 Å². The van der Waals surface area contributed by atoms with Crippen molar-refractivity contribution >= 4 is 37.4 Å². The third kappa shape index (κ3) is 1.76. The van der Waals surface area contributed by atoms with Crippen LogP contribution in [0.25, 0.3) is 21.0 Å². The molecule has 0 N–H and O–H groups in total. The Labute approximate surface area is 127 Å². The maximum atomic E-state index is 2.43. The second-order valence-electron chi connectivity index (χ2n) is 6.14. The van der Waals surface area contributed by atoms with Gasteiger partial charge < -0.3 is 0 Å². The van der Waals surface area contributed by atoms with Gasteiger partial charge in [0.05, 0.1) is 0 Å². The highest BCUT2D eigenvalue weighted by Gasteiger charge is 2.45. The molecule has 0 aliphatic heterocycles. The van der Waals surface area contributed by atoms with Crippen LogP contribution in [0.2, 0.25) is 0 Å². The zero-order valence-corrected chi connectivity index (χ0v) is 13.7. The van der Waals surface area contributed by atoms with Crippen molar-refractivity contribution in [3.63, 3.8) is 0 Å². The summed E-state index contributed by atoms with van der Waals surface area (Å²) < 4.78 is 0. The van der Waals surface area contributed by atoms with E-state index in [1.165, 1.54) is 45.0 Å². The lowest BCUT2D eigenvalue weighted by Gasteiger charge is -2.17. The van der Waals surface area contributed by atoms with Crippen LogP contribution in [0, 0.1) is 0 Å². The van der Waals surface area contributed by atoms with E-state index in [0.717, 1.165) is 16.4 Å². The summed E-state index contributed by atoms with van der Waals surface area (Å²) in [7, 11) is 1.72. The van der Waals surface area contributed by atoms with Crippen molar-refractivity contribution in [2.75, 3.05) is 0 Å². The quantitative estimate of drug-likeness (QED) is 0.417. The van der Waals surface area contributed by atoms with E-state index in [2.05, 4.69) is 60.1 Å². The number of rotatable bonds is 2. The lowest BCUT2D eigenvalue weighted by molar-refractivity contribution is 0.852. The molecule has 4 aromatic rings. The summed E-state index contributed by atoms with van der Waals surface area (Å²) in [6.07, 6.45) is 2.59. The second kappa shape index (κ2) is 4.26. The fourth-order valence-electron chi connectivity index (χ4n) is 3.57. The first-order chi connectivity index (χ1) is 10.4. The molecule has 21 heavy (non-hydrogen) atoms. The number of hydrogen-bond acceptors (Lipinski definition) is 0. The molecule has 0 amide bonds. The Hall–Kier alpha value is -1.48. The topological polar surface area (TPSA) is 0 Å². The van der Waals surface area contributed by atoms with Crippen molar-refractivity contribution in [2.45, 2.75) is 18.3 Å². The Kier molecular flexibility index (Phi) is 2.46. The molecule has 2 aromatic carbocycles. The molecule has 0 nitrogen and oxygen atoms in total. The zero-order valence-electron chi connectivity index (χ0n) is 11.7. The van der Waals surface area contributed by atoms with Crippen LogP contribution < -0.4 is 0 Å². The Morgan fingerprint density at radius 3 is 1.67 bits per heavy atom. The van der Waals surface area contributed by atoms with Gasteiger partial charge in [-0.25, -0.2) is 0 Å². The van der Waals surface area contributed by atoms with E-state index in [9.17, 15) is 0 Å². The van der Waals surface area contributed by atoms with Gasteiger partial charge in [0.1, 0.15) is 0 Å². The minimum Gasteiger partial charge on any atom is -0.132 e. The summed E-state index contributed by atoms with van der Waals surface area (Å²) in [6, 6.07) is 18.9. The summed E-state index contributed by atoms with van der Waals surface area (Å²) in [5.41, 5.74) is 3.33. The predicted octanol–water partition coefficient (Wildman–Crippen LogP) is 6.14. The standard InChI is InChI=1S/C19H16P2/c1-3-17-13(5-9-20-17)11-15(1)19(7-8-19)16-2-4-18-14(12-16)6-10-21-18/h1-6,9-12,20-21H,7-8H2. The maximum Gasteiger partial charge on any atom is 0.0204 e. The molecular weight excluding hydrogens is 290 g/mol. The fourth-order valence-corrected chi connectivity index (χ4v) is 5.46. The third-order valence-electron chi connectivity index (χ3n) is 4.96. The number of fused-ring (bicyclic) bond motifs is 2. The average Bonchev–Trinajstić information content (AvgIpc) is 2.98. The van der Waals surface area contributed by atoms with Crippen LogP contribution in [-0.2, 0) is 5.41 Å². The van der Waals surface area contributed by atoms with Gasteiger partial charge in [0, 0.05) is 5.41 Å². The molecule has 2 atom stereocenters. The zero-order chi connectivity index (χ0) is 13.9. The smallest absolute Gasteiger partial charge is 0.0204 e. The molecule has 0 bridgehead atoms. The molecule has 0 spiro atoms. The van der Waals surface area contributed by atoms with Gasteiger partial charge in [-0.05, 0) is 68.7 Å². The normalized spacial score (nSPS) is 17.3. The first-order valence-corrected chi connectivity index (χ1v) is 9.66. The van der Waals surface area contributed by atoms with Crippen LogP contribution in [0.3, 0.4) is 0 Å². The molecule has 102 valence electrons. The molecule has 5 rings (SSSR count). The van der Waals surface area contributed by atoms with Crippen molar-refractivity contribution in [3.05, 3.63) is 71.3 Å². The van der Waals surface area contributed by atoms with Crippen LogP contribution in [0.4, 0.5) is 0 Å². The van der Waals surface area contributed by atoms with E-state index >= 15 is 0 Å². The van der Waals surface area contributed by atoms with Gasteiger partial charge in [0.15, 0.2) is 0 Å². The van der Waals surface area contributed by atoms with Crippen molar-refractivity contribution < 1.29 is 0 Å². The summed E-state index contributed by atoms with van der Waals surface area (Å²) >= 11 is 0. The van der Waals surface area contributed by atoms with Gasteiger partial charge in [0.2, 0.25) is 0 Å². The summed E-state index contributed by atoms with van der Waals surface area (Å²) in [5.74, 6) is 4.60. The van der Waals surface area contributed by atoms with Gasteiger partial charge >= 0.3 is 0 Å². The largest absolute Gasteiger partial charge is 0.132 e. The van der Waals surface area contributed by atoms with E-state index < -0.39 is 0 Å². The van der Waals surface area contributed by atoms with E-state index in [1.54, 1.807) is 0 Å². The van der Waals surface area contributed by atoms with Gasteiger partial charge in [0.25, 0.3) is 0 Å². The third-order valence-corrected chi connectivity index (χ3v) is 7.16. The van der Waals surface area contributed by atoms with Crippen LogP contribution in [0.1, 0.15) is 24.0 Å². The number of benzene rings is 2. The van der Waals surface area contributed by atoms with Crippen LogP contribution in [0.15, 0.2) is 60.1 Å². The molecule has 2 heterocycles. The highest BCUT2D eigenvalue weighted by Crippen LogP contribution is 2.54. The summed E-state index contributed by atoms with van der Waals surface area (Å²) in [4.78, 5) is 0. The maximum absolute atomic E-state index is 2.43. The molecule has 2 heteroatoms. The highest BCUT2D eigenvalue weighted by atomic mass is 31.0. The molecule has 0 saturated heterocycles. The molecular formula is C19H16P2. The van der Waals surface area contributed by atoms with Crippen molar-refractivity contribution in [2.24, 2.45) is 0 Å². The SMILES string of the molecule is c1cc2cc(C3(c4ccc5[pH]ccc5c4)CC3)ccc2[pH]1. The minimum atomic E-state index is 0.295. The summed E-state index contributed by atoms with van der Waals surface area (Å²) in [6.45, 7) is 0. The molecule has 1 aliphatic carbocycles. The molecule has 1 aliphatic rings. The highest BCUT2D eigenvalue weighted by molar-refractivity contribution is 7.36. The average molecular weight is 306 g/mol. The summed E-state index contributed by atoms with van der Waals surface area (Å²) in [5, 5.41) is 5.90. The molecule has 0 radical (unpaired) electrons. The van der Waals surface area contributed by atoms with Gasteiger partial charge in [-0.3, -0.25) is 0 Å². The second-order valence-corrected chi connectivity index (χ2v) is 8.46. The van der Waals surface area contributed by atoms with Gasteiger partial charge in [-0.15, -0.1) is 16.4 Å². The van der Waals surface area contributed by atoms with Crippen molar-refractivity contribution in [1.29, 1.82) is 0 Å².